The molecule has 2 aliphatic carbocycles. The zero-order chi connectivity index (χ0) is 20.2. The first-order valence-corrected chi connectivity index (χ1v) is 12.2. The first-order valence-electron chi connectivity index (χ1n) is 11.4. The number of aromatic nitrogens is 1. The Hall–Kier alpha value is -1.33. The maximum absolute atomic E-state index is 12.5. The maximum Gasteiger partial charge on any atom is 0.220 e. The summed E-state index contributed by atoms with van der Waals surface area (Å²) >= 11 is 3.63. The van der Waals surface area contributed by atoms with E-state index in [9.17, 15) is 4.79 Å². The Morgan fingerprint density at radius 3 is 2.62 bits per heavy atom. The van der Waals surface area contributed by atoms with Crippen LogP contribution >= 0.6 is 15.9 Å². The van der Waals surface area contributed by atoms with E-state index in [1.165, 1.54) is 48.6 Å². The van der Waals surface area contributed by atoms with Crippen molar-refractivity contribution < 1.29 is 4.79 Å². The topological polar surface area (TPSA) is 60.0 Å². The number of nitrogens with one attached hydrogen (secondary N) is 1. The largest absolute Gasteiger partial charge is 0.353 e. The van der Waals surface area contributed by atoms with Gasteiger partial charge < -0.3 is 15.6 Å². The molecule has 0 saturated heterocycles. The van der Waals surface area contributed by atoms with E-state index in [2.05, 4.69) is 50.2 Å². The Balaban J connectivity index is 1.42. The van der Waals surface area contributed by atoms with Crippen LogP contribution in [0.15, 0.2) is 28.9 Å². The lowest BCUT2D eigenvalue weighted by Crippen LogP contribution is -2.40. The zero-order valence-corrected chi connectivity index (χ0v) is 18.9. The van der Waals surface area contributed by atoms with Crippen LogP contribution in [0.1, 0.15) is 69.8 Å². The highest BCUT2D eigenvalue weighted by molar-refractivity contribution is 9.10. The fourth-order valence-corrected chi connectivity index (χ4v) is 5.51. The van der Waals surface area contributed by atoms with Crippen LogP contribution in [0.5, 0.6) is 0 Å². The number of hydrogen-bond acceptors (Lipinski definition) is 2. The standard InChI is InChI=1S/C24H34BrN3O/c25-19-7-12-23-22(14-19)18(16-28(23)15-17-4-2-1-3-5-17)6-13-24(29)27-21-10-8-20(26)9-11-21/h7,12,14,16-17,20-21H,1-6,8-11,13,15,26H2,(H,27,29). The van der Waals surface area contributed by atoms with Crippen molar-refractivity contribution in [2.45, 2.75) is 89.3 Å². The molecule has 0 radical (unpaired) electrons. The van der Waals surface area contributed by atoms with Crippen LogP contribution in [0.25, 0.3) is 10.9 Å². The Labute approximate surface area is 182 Å². The molecule has 4 nitrogen and oxygen atoms in total. The van der Waals surface area contributed by atoms with E-state index in [4.69, 9.17) is 5.73 Å². The molecule has 1 aromatic carbocycles. The number of aryl methyl sites for hydroxylation is 1. The molecule has 3 N–H and O–H groups in total. The molecule has 29 heavy (non-hydrogen) atoms. The summed E-state index contributed by atoms with van der Waals surface area (Å²) in [5.74, 6) is 0.963. The summed E-state index contributed by atoms with van der Waals surface area (Å²) in [5.41, 5.74) is 8.57. The summed E-state index contributed by atoms with van der Waals surface area (Å²) in [6.45, 7) is 1.10. The lowest BCUT2D eigenvalue weighted by atomic mass is 9.89. The van der Waals surface area contributed by atoms with Gasteiger partial charge in [0.1, 0.15) is 0 Å². The molecule has 2 fully saturated rings. The van der Waals surface area contributed by atoms with Crippen molar-refractivity contribution in [1.29, 1.82) is 0 Å². The molecule has 0 atom stereocenters. The number of amides is 1. The van der Waals surface area contributed by atoms with Crippen LogP contribution in [-0.4, -0.2) is 22.6 Å². The Bertz CT molecular complexity index is 832. The summed E-state index contributed by atoms with van der Waals surface area (Å²) in [7, 11) is 0. The molecule has 2 aromatic rings. The highest BCUT2D eigenvalue weighted by Crippen LogP contribution is 2.30. The Kier molecular flexibility index (Phi) is 6.96. The monoisotopic (exact) mass is 459 g/mol. The number of rotatable bonds is 6. The minimum atomic E-state index is 0.175. The van der Waals surface area contributed by atoms with Gasteiger partial charge in [0.05, 0.1) is 0 Å². The summed E-state index contributed by atoms with van der Waals surface area (Å²) < 4.78 is 3.54. The maximum atomic E-state index is 12.5. The summed E-state index contributed by atoms with van der Waals surface area (Å²) in [4.78, 5) is 12.5. The minimum Gasteiger partial charge on any atom is -0.353 e. The van der Waals surface area contributed by atoms with Gasteiger partial charge in [-0.05, 0) is 74.6 Å². The highest BCUT2D eigenvalue weighted by Gasteiger charge is 2.21. The minimum absolute atomic E-state index is 0.175. The fourth-order valence-electron chi connectivity index (χ4n) is 5.15. The summed E-state index contributed by atoms with van der Waals surface area (Å²) in [6.07, 6.45) is 14.5. The van der Waals surface area contributed by atoms with Gasteiger partial charge in [-0.1, -0.05) is 35.2 Å². The molecule has 1 aromatic heterocycles. The molecule has 1 amide bonds. The van der Waals surface area contributed by atoms with Crippen LogP contribution in [0, 0.1) is 5.92 Å². The van der Waals surface area contributed by atoms with Crippen molar-refractivity contribution in [3.05, 3.63) is 34.4 Å². The normalized spacial score (nSPS) is 23.4. The van der Waals surface area contributed by atoms with Crippen molar-refractivity contribution in [2.24, 2.45) is 11.7 Å². The molecule has 0 unspecified atom stereocenters. The quantitative estimate of drug-likeness (QED) is 0.615. The average molecular weight is 460 g/mol. The SMILES string of the molecule is NC1CCC(NC(=O)CCc2cn(CC3CCCCC3)c3ccc(Br)cc23)CC1. The Morgan fingerprint density at radius 1 is 1.10 bits per heavy atom. The number of nitrogens with two attached hydrogens (primary N) is 1. The van der Waals surface area contributed by atoms with E-state index < -0.39 is 0 Å². The number of carbonyl (C=O) groups is 1. The molecule has 158 valence electrons. The van der Waals surface area contributed by atoms with Gasteiger partial charge in [0.15, 0.2) is 0 Å². The predicted octanol–water partition coefficient (Wildman–Crippen LogP) is 5.30. The second-order valence-corrected chi connectivity index (χ2v) is 10.1. The number of hydrogen-bond donors (Lipinski definition) is 2. The average Bonchev–Trinajstić information content (AvgIpc) is 3.05. The number of nitrogens with zero attached hydrogens (tertiary/aromatic N) is 1. The first-order chi connectivity index (χ1) is 14.1. The summed E-state index contributed by atoms with van der Waals surface area (Å²) in [5, 5.41) is 4.51. The third-order valence-corrected chi connectivity index (χ3v) is 7.36. The van der Waals surface area contributed by atoms with Crippen LogP contribution < -0.4 is 11.1 Å². The van der Waals surface area contributed by atoms with Crippen molar-refractivity contribution in [1.82, 2.24) is 9.88 Å². The molecule has 0 bridgehead atoms. The van der Waals surface area contributed by atoms with Crippen molar-refractivity contribution in [3.8, 4) is 0 Å². The third kappa shape index (κ3) is 5.43. The molecule has 2 aliphatic rings. The highest BCUT2D eigenvalue weighted by atomic mass is 79.9. The third-order valence-electron chi connectivity index (χ3n) is 6.86. The van der Waals surface area contributed by atoms with E-state index in [0.29, 0.717) is 18.5 Å². The fraction of sp³-hybridized carbons (Fsp3) is 0.625. The first kappa shape index (κ1) is 20.9. The van der Waals surface area contributed by atoms with Crippen molar-refractivity contribution in [2.75, 3.05) is 0 Å². The van der Waals surface area contributed by atoms with Gasteiger partial charge in [-0.15, -0.1) is 0 Å². The summed E-state index contributed by atoms with van der Waals surface area (Å²) in [6, 6.07) is 7.18. The van der Waals surface area contributed by atoms with E-state index in [1.807, 2.05) is 0 Å². The Morgan fingerprint density at radius 2 is 1.86 bits per heavy atom. The molecule has 1 heterocycles. The van der Waals surface area contributed by atoms with Crippen LogP contribution in [0.2, 0.25) is 0 Å². The predicted molar refractivity (Wildman–Crippen MR) is 123 cm³/mol. The van der Waals surface area contributed by atoms with Gasteiger partial charge in [0.2, 0.25) is 5.91 Å². The molecule has 0 aliphatic heterocycles. The lowest BCUT2D eigenvalue weighted by Gasteiger charge is -2.26. The van der Waals surface area contributed by atoms with Crippen molar-refractivity contribution >= 4 is 32.7 Å². The molecular formula is C24H34BrN3O. The molecular weight excluding hydrogens is 426 g/mol. The second-order valence-electron chi connectivity index (χ2n) is 9.15. The number of fused-ring (bicyclic) bond motifs is 1. The smallest absolute Gasteiger partial charge is 0.220 e. The number of carbonyl (C=O) groups excluding carboxylic acids is 1. The van der Waals surface area contributed by atoms with E-state index in [0.717, 1.165) is 49.0 Å². The van der Waals surface area contributed by atoms with Crippen LogP contribution in [0.4, 0.5) is 0 Å². The van der Waals surface area contributed by atoms with E-state index >= 15 is 0 Å². The van der Waals surface area contributed by atoms with Gasteiger partial charge in [0, 0.05) is 46.6 Å². The van der Waals surface area contributed by atoms with Gasteiger partial charge in [-0.3, -0.25) is 4.79 Å². The second kappa shape index (κ2) is 9.65. The number of benzene rings is 1. The zero-order valence-electron chi connectivity index (χ0n) is 17.3. The van der Waals surface area contributed by atoms with Crippen LogP contribution in [-0.2, 0) is 17.8 Å². The van der Waals surface area contributed by atoms with Gasteiger partial charge in [-0.25, -0.2) is 0 Å². The van der Waals surface area contributed by atoms with Crippen molar-refractivity contribution in [3.63, 3.8) is 0 Å². The molecule has 0 spiro atoms. The van der Waals surface area contributed by atoms with E-state index in [-0.39, 0.29) is 5.91 Å². The molecule has 2 saturated carbocycles. The number of halogens is 1. The van der Waals surface area contributed by atoms with E-state index in [1.54, 1.807) is 0 Å². The molecule has 5 heteroatoms. The lowest BCUT2D eigenvalue weighted by molar-refractivity contribution is -0.122. The van der Waals surface area contributed by atoms with Crippen LogP contribution in [0.3, 0.4) is 0 Å². The van der Waals surface area contributed by atoms with Gasteiger partial charge in [-0.2, -0.15) is 0 Å². The van der Waals surface area contributed by atoms with Gasteiger partial charge >= 0.3 is 0 Å². The molecule has 4 rings (SSSR count). The van der Waals surface area contributed by atoms with Gasteiger partial charge in [0.25, 0.3) is 0 Å².